The molecular weight excluding hydrogens is 720 g/mol. The lowest BCUT2D eigenvalue weighted by Crippen LogP contribution is -2.53. The quantitative estimate of drug-likeness (QED) is 0.218. The summed E-state index contributed by atoms with van der Waals surface area (Å²) in [4.78, 5) is 22.6. The molecule has 3 aromatic rings. The molecule has 1 saturated heterocycles. The summed E-state index contributed by atoms with van der Waals surface area (Å²) in [5, 5.41) is 23.8. The molecule has 0 aliphatic carbocycles. The van der Waals surface area contributed by atoms with Crippen molar-refractivity contribution in [2.24, 2.45) is 0 Å². The second-order valence-corrected chi connectivity index (χ2v) is 10.9. The van der Waals surface area contributed by atoms with E-state index in [1.54, 1.807) is 12.1 Å². The first-order chi connectivity index (χ1) is 23.4. The Kier molecular flexibility index (Phi) is 14.5. The molecule has 0 radical (unpaired) electrons. The second kappa shape index (κ2) is 17.2. The van der Waals surface area contributed by atoms with E-state index in [0.29, 0.717) is 23.3 Å². The molecule has 282 valence electrons. The lowest BCUT2D eigenvalue weighted by atomic mass is 9.90. The van der Waals surface area contributed by atoms with Gasteiger partial charge in [-0.25, -0.2) is 9.59 Å². The van der Waals surface area contributed by atoms with Crippen LogP contribution in [0.25, 0.3) is 11.1 Å². The van der Waals surface area contributed by atoms with Gasteiger partial charge in [0.05, 0.1) is 0 Å². The van der Waals surface area contributed by atoms with E-state index < -0.39 is 47.8 Å². The Hall–Kier alpha value is -4.36. The number of alkyl halides is 12. The maximum atomic E-state index is 13.1. The van der Waals surface area contributed by atoms with Gasteiger partial charge in [0.1, 0.15) is 0 Å². The lowest BCUT2D eigenvalue weighted by molar-refractivity contribution is -0.376. The van der Waals surface area contributed by atoms with E-state index >= 15 is 0 Å². The van der Waals surface area contributed by atoms with Crippen molar-refractivity contribution in [1.82, 2.24) is 9.80 Å². The Morgan fingerprint density at radius 2 is 0.922 bits per heavy atom. The molecule has 0 spiro atoms. The number of carbonyl (C=O) groups is 2. The number of carboxylic acids is 2. The van der Waals surface area contributed by atoms with Crippen molar-refractivity contribution in [2.45, 2.75) is 43.3 Å². The third-order valence-electron chi connectivity index (χ3n) is 7.33. The van der Waals surface area contributed by atoms with Gasteiger partial charge in [-0.2, -0.15) is 52.7 Å². The number of rotatable bonds is 7. The van der Waals surface area contributed by atoms with Gasteiger partial charge in [-0.1, -0.05) is 78.9 Å². The number of nitrogens with zero attached hydrogens (tertiary/aromatic N) is 2. The summed E-state index contributed by atoms with van der Waals surface area (Å²) in [6, 6.07) is 21.4. The molecule has 1 heterocycles. The fraction of sp³-hybridized carbons (Fsp3) is 0.375. The van der Waals surface area contributed by atoms with E-state index in [-0.39, 0.29) is 0 Å². The van der Waals surface area contributed by atoms with Crippen LogP contribution < -0.4 is 0 Å². The van der Waals surface area contributed by atoms with E-state index in [2.05, 4.69) is 34.1 Å². The van der Waals surface area contributed by atoms with Crippen molar-refractivity contribution in [1.29, 1.82) is 0 Å². The Morgan fingerprint density at radius 1 is 0.549 bits per heavy atom. The molecule has 0 bridgehead atoms. The van der Waals surface area contributed by atoms with Crippen LogP contribution in [-0.2, 0) is 28.2 Å². The van der Waals surface area contributed by atoms with Gasteiger partial charge in [-0.15, -0.1) is 0 Å². The minimum atomic E-state index is -5.90. The highest BCUT2D eigenvalue weighted by molar-refractivity contribution is 5.73. The van der Waals surface area contributed by atoms with Gasteiger partial charge >= 0.3 is 36.6 Å². The molecule has 7 nitrogen and oxygen atoms in total. The van der Waals surface area contributed by atoms with Gasteiger partial charge in [0.15, 0.2) is 0 Å². The van der Waals surface area contributed by atoms with E-state index in [1.165, 1.54) is 5.56 Å². The van der Waals surface area contributed by atoms with Crippen molar-refractivity contribution in [3.05, 3.63) is 95.6 Å². The lowest BCUT2D eigenvalue weighted by Gasteiger charge is -2.34. The van der Waals surface area contributed by atoms with Gasteiger partial charge in [0, 0.05) is 44.8 Å². The molecule has 1 aliphatic heterocycles. The third kappa shape index (κ3) is 12.7. The summed E-state index contributed by atoms with van der Waals surface area (Å²) in [5.41, 5.74) is -2.68. The molecule has 1 aliphatic rings. The molecule has 1 fully saturated rings. The fourth-order valence-corrected chi connectivity index (χ4v) is 4.56. The van der Waals surface area contributed by atoms with Crippen LogP contribution in [0.3, 0.4) is 0 Å². The number of piperazine rings is 1. The molecule has 0 aromatic heterocycles. The summed E-state index contributed by atoms with van der Waals surface area (Å²) in [5.74, 6) is -5.51. The van der Waals surface area contributed by atoms with Crippen LogP contribution in [0.15, 0.2) is 78.9 Å². The zero-order chi connectivity index (χ0) is 38.8. The minimum absolute atomic E-state index is 0.453. The van der Waals surface area contributed by atoms with Crippen LogP contribution in [-0.4, -0.2) is 94.5 Å². The second-order valence-electron chi connectivity index (χ2n) is 10.9. The molecule has 0 unspecified atom stereocenters. The Bertz CT molecular complexity index is 1500. The first kappa shape index (κ1) is 42.8. The number of carboxylic acid groups (broad SMARTS) is 2. The first-order valence-corrected chi connectivity index (χ1v) is 14.5. The van der Waals surface area contributed by atoms with Crippen LogP contribution in [0.5, 0.6) is 0 Å². The van der Waals surface area contributed by atoms with E-state index in [9.17, 15) is 57.8 Å². The van der Waals surface area contributed by atoms with Crippen molar-refractivity contribution < 1.29 is 77.6 Å². The van der Waals surface area contributed by atoms with Crippen LogP contribution in [0.4, 0.5) is 52.7 Å². The molecule has 19 heteroatoms. The number of aliphatic carboxylic acids is 2. The van der Waals surface area contributed by atoms with Gasteiger partial charge < -0.3 is 20.2 Å². The predicted octanol–water partition coefficient (Wildman–Crippen LogP) is 7.29. The SMILES string of the molecule is O=C(O)C(F)(F)F.O=C(O)C(F)(F)F.OC(c1ccc(-c2ccc(CN3CCN(CCc4ccccc4)CC3)cc2)cc1)(C(F)(F)F)C(F)(F)F. The number of aliphatic hydroxyl groups is 1. The number of benzene rings is 3. The maximum absolute atomic E-state index is 13.1. The molecule has 0 amide bonds. The number of hydrogen-bond donors (Lipinski definition) is 3. The van der Waals surface area contributed by atoms with Crippen molar-refractivity contribution >= 4 is 11.9 Å². The third-order valence-corrected chi connectivity index (χ3v) is 7.33. The van der Waals surface area contributed by atoms with Crippen LogP contribution in [0.1, 0.15) is 16.7 Å². The molecule has 3 N–H and O–H groups in total. The van der Waals surface area contributed by atoms with E-state index in [1.807, 2.05) is 18.2 Å². The van der Waals surface area contributed by atoms with E-state index in [4.69, 9.17) is 19.8 Å². The van der Waals surface area contributed by atoms with Gasteiger partial charge in [-0.05, 0) is 28.7 Å². The van der Waals surface area contributed by atoms with Gasteiger partial charge in [0.2, 0.25) is 0 Å². The van der Waals surface area contributed by atoms with Crippen LogP contribution in [0, 0.1) is 0 Å². The standard InChI is InChI=1S/C28H28F6N2O.2C2HF3O2/c29-27(30,31)26(37,28(32,33)34)25-12-10-24(11-13-25)23-8-6-22(7-9-23)20-36-18-16-35(17-19-36)15-14-21-4-2-1-3-5-21;2*3-2(4,5)1(6)7/h1-13,37H,14-20H2;2*(H,6,7). The highest BCUT2D eigenvalue weighted by atomic mass is 19.4. The molecular formula is C32H30F12N2O5. The van der Waals surface area contributed by atoms with E-state index in [0.717, 1.165) is 63.4 Å². The summed E-state index contributed by atoms with van der Waals surface area (Å²) in [6.07, 6.45) is -20.9. The average molecular weight is 751 g/mol. The monoisotopic (exact) mass is 750 g/mol. The minimum Gasteiger partial charge on any atom is -0.475 e. The molecule has 51 heavy (non-hydrogen) atoms. The Balaban J connectivity index is 0.000000543. The maximum Gasteiger partial charge on any atom is 0.490 e. The molecule has 0 saturated carbocycles. The van der Waals surface area contributed by atoms with Crippen molar-refractivity contribution in [2.75, 3.05) is 32.7 Å². The summed E-state index contributed by atoms with van der Waals surface area (Å²) in [6.45, 7) is 5.64. The van der Waals surface area contributed by atoms with Gasteiger partial charge in [-0.3, -0.25) is 4.90 Å². The van der Waals surface area contributed by atoms with Crippen molar-refractivity contribution in [3.8, 4) is 11.1 Å². The smallest absolute Gasteiger partial charge is 0.475 e. The summed E-state index contributed by atoms with van der Waals surface area (Å²) >= 11 is 0. The average Bonchev–Trinajstić information content (AvgIpc) is 3.04. The highest BCUT2D eigenvalue weighted by Gasteiger charge is 2.71. The summed E-state index contributed by atoms with van der Waals surface area (Å²) in [7, 11) is 0. The zero-order valence-electron chi connectivity index (χ0n) is 26.0. The topological polar surface area (TPSA) is 101 Å². The Labute approximate surface area is 282 Å². The zero-order valence-corrected chi connectivity index (χ0v) is 26.0. The normalized spacial score (nSPS) is 14.8. The number of hydrogen-bond acceptors (Lipinski definition) is 5. The molecule has 3 aromatic carbocycles. The Morgan fingerprint density at radius 3 is 1.29 bits per heavy atom. The van der Waals surface area contributed by atoms with Gasteiger partial charge in [0.25, 0.3) is 5.60 Å². The van der Waals surface area contributed by atoms with Crippen LogP contribution >= 0.6 is 0 Å². The number of halogens is 12. The van der Waals surface area contributed by atoms with Crippen molar-refractivity contribution in [3.63, 3.8) is 0 Å². The predicted molar refractivity (Wildman–Crippen MR) is 157 cm³/mol. The fourth-order valence-electron chi connectivity index (χ4n) is 4.56. The summed E-state index contributed by atoms with van der Waals surface area (Å²) < 4.78 is 142. The first-order valence-electron chi connectivity index (χ1n) is 14.5. The highest BCUT2D eigenvalue weighted by Crippen LogP contribution is 2.50. The van der Waals surface area contributed by atoms with Crippen LogP contribution in [0.2, 0.25) is 0 Å². The molecule has 4 rings (SSSR count). The molecule has 0 atom stereocenters. The largest absolute Gasteiger partial charge is 0.490 e.